The SMILES string of the molecule is CNc1ccc2c(c1)OCCN2. The van der Waals surface area contributed by atoms with E-state index in [9.17, 15) is 0 Å². The van der Waals surface area contributed by atoms with Gasteiger partial charge in [-0.3, -0.25) is 0 Å². The van der Waals surface area contributed by atoms with Gasteiger partial charge in [0.15, 0.2) is 0 Å². The van der Waals surface area contributed by atoms with Crippen molar-refractivity contribution in [2.24, 2.45) is 0 Å². The van der Waals surface area contributed by atoms with Crippen LogP contribution in [0.4, 0.5) is 11.4 Å². The molecule has 1 aliphatic heterocycles. The van der Waals surface area contributed by atoms with Crippen molar-refractivity contribution < 1.29 is 4.74 Å². The lowest BCUT2D eigenvalue weighted by Crippen LogP contribution is -2.17. The fraction of sp³-hybridized carbons (Fsp3) is 0.333. The van der Waals surface area contributed by atoms with E-state index in [4.69, 9.17) is 4.74 Å². The third kappa shape index (κ3) is 1.18. The smallest absolute Gasteiger partial charge is 0.144 e. The summed E-state index contributed by atoms with van der Waals surface area (Å²) >= 11 is 0. The summed E-state index contributed by atoms with van der Waals surface area (Å²) in [7, 11) is 1.90. The van der Waals surface area contributed by atoms with Gasteiger partial charge < -0.3 is 15.4 Å². The number of anilines is 2. The van der Waals surface area contributed by atoms with Gasteiger partial charge >= 0.3 is 0 Å². The predicted octanol–water partition coefficient (Wildman–Crippen LogP) is 1.53. The molecule has 1 aliphatic rings. The topological polar surface area (TPSA) is 33.3 Å². The highest BCUT2D eigenvalue weighted by Gasteiger charge is 2.08. The third-order valence-electron chi connectivity index (χ3n) is 1.95. The second-order valence-corrected chi connectivity index (χ2v) is 2.74. The lowest BCUT2D eigenvalue weighted by Gasteiger charge is -2.19. The largest absolute Gasteiger partial charge is 0.490 e. The predicted molar refractivity (Wildman–Crippen MR) is 50.0 cm³/mol. The number of rotatable bonds is 1. The molecule has 3 nitrogen and oxygen atoms in total. The van der Waals surface area contributed by atoms with Crippen LogP contribution < -0.4 is 15.4 Å². The quantitative estimate of drug-likeness (QED) is 0.660. The normalized spacial score (nSPS) is 14.1. The van der Waals surface area contributed by atoms with Gasteiger partial charge in [0.25, 0.3) is 0 Å². The van der Waals surface area contributed by atoms with Crippen molar-refractivity contribution in [3.05, 3.63) is 18.2 Å². The zero-order chi connectivity index (χ0) is 8.39. The zero-order valence-corrected chi connectivity index (χ0v) is 7.05. The van der Waals surface area contributed by atoms with Crippen molar-refractivity contribution in [2.75, 3.05) is 30.8 Å². The summed E-state index contributed by atoms with van der Waals surface area (Å²) in [4.78, 5) is 0. The Morgan fingerprint density at radius 3 is 3.25 bits per heavy atom. The first kappa shape index (κ1) is 7.28. The second-order valence-electron chi connectivity index (χ2n) is 2.74. The van der Waals surface area contributed by atoms with Crippen LogP contribution in [0.1, 0.15) is 0 Å². The molecule has 64 valence electrons. The van der Waals surface area contributed by atoms with Gasteiger partial charge in [-0.05, 0) is 12.1 Å². The molecular formula is C9H12N2O. The highest BCUT2D eigenvalue weighted by atomic mass is 16.5. The zero-order valence-electron chi connectivity index (χ0n) is 7.05. The maximum absolute atomic E-state index is 5.46. The number of fused-ring (bicyclic) bond motifs is 1. The van der Waals surface area contributed by atoms with E-state index in [2.05, 4.69) is 10.6 Å². The van der Waals surface area contributed by atoms with Crippen LogP contribution >= 0.6 is 0 Å². The summed E-state index contributed by atoms with van der Waals surface area (Å²) in [5.74, 6) is 0.938. The Balaban J connectivity index is 2.36. The van der Waals surface area contributed by atoms with Gasteiger partial charge in [-0.1, -0.05) is 0 Å². The molecule has 0 aliphatic carbocycles. The summed E-state index contributed by atoms with van der Waals surface area (Å²) < 4.78 is 5.46. The van der Waals surface area contributed by atoms with Crippen molar-refractivity contribution >= 4 is 11.4 Å². The van der Waals surface area contributed by atoms with Crippen LogP contribution in [0, 0.1) is 0 Å². The Morgan fingerprint density at radius 1 is 1.50 bits per heavy atom. The van der Waals surface area contributed by atoms with Crippen LogP contribution in [0.3, 0.4) is 0 Å². The number of nitrogens with one attached hydrogen (secondary N) is 2. The Kier molecular flexibility index (Phi) is 1.78. The van der Waals surface area contributed by atoms with Crippen LogP contribution in [-0.4, -0.2) is 20.2 Å². The number of ether oxygens (including phenoxy) is 1. The van der Waals surface area contributed by atoms with Crippen LogP contribution in [0.5, 0.6) is 5.75 Å². The first-order valence-electron chi connectivity index (χ1n) is 4.08. The summed E-state index contributed by atoms with van der Waals surface area (Å²) in [6.07, 6.45) is 0. The molecule has 2 rings (SSSR count). The molecule has 0 atom stereocenters. The summed E-state index contributed by atoms with van der Waals surface area (Å²) in [6, 6.07) is 6.06. The first-order chi connectivity index (χ1) is 5.90. The molecule has 2 N–H and O–H groups in total. The minimum Gasteiger partial charge on any atom is -0.490 e. The Morgan fingerprint density at radius 2 is 2.42 bits per heavy atom. The average molecular weight is 164 g/mol. The summed E-state index contributed by atoms with van der Waals surface area (Å²) in [5.41, 5.74) is 2.16. The summed E-state index contributed by atoms with van der Waals surface area (Å²) in [6.45, 7) is 1.64. The molecule has 3 heteroatoms. The maximum atomic E-state index is 5.46. The van der Waals surface area contributed by atoms with E-state index < -0.39 is 0 Å². The van der Waals surface area contributed by atoms with Crippen molar-refractivity contribution in [3.63, 3.8) is 0 Å². The Labute approximate surface area is 71.7 Å². The van der Waals surface area contributed by atoms with Crippen LogP contribution in [-0.2, 0) is 0 Å². The van der Waals surface area contributed by atoms with E-state index in [1.54, 1.807) is 0 Å². The molecule has 0 unspecified atom stereocenters. The first-order valence-corrected chi connectivity index (χ1v) is 4.08. The molecule has 0 aromatic heterocycles. The monoisotopic (exact) mass is 164 g/mol. The molecule has 1 heterocycles. The molecule has 0 amide bonds. The molecular weight excluding hydrogens is 152 g/mol. The molecule has 0 bridgehead atoms. The lowest BCUT2D eigenvalue weighted by molar-refractivity contribution is 0.323. The summed E-state index contributed by atoms with van der Waals surface area (Å²) in [5, 5.41) is 6.33. The third-order valence-corrected chi connectivity index (χ3v) is 1.95. The van der Waals surface area contributed by atoms with E-state index in [1.165, 1.54) is 0 Å². The number of benzene rings is 1. The van der Waals surface area contributed by atoms with Crippen LogP contribution in [0.15, 0.2) is 18.2 Å². The molecule has 1 aromatic carbocycles. The van der Waals surface area contributed by atoms with Crippen molar-refractivity contribution in [2.45, 2.75) is 0 Å². The molecule has 0 spiro atoms. The molecule has 12 heavy (non-hydrogen) atoms. The lowest BCUT2D eigenvalue weighted by atomic mass is 10.2. The van der Waals surface area contributed by atoms with E-state index in [0.29, 0.717) is 0 Å². The molecule has 0 radical (unpaired) electrons. The highest BCUT2D eigenvalue weighted by molar-refractivity contribution is 5.64. The van der Waals surface area contributed by atoms with Gasteiger partial charge in [-0.15, -0.1) is 0 Å². The number of hydrogen-bond donors (Lipinski definition) is 2. The molecule has 1 aromatic rings. The van der Waals surface area contributed by atoms with Crippen molar-refractivity contribution in [3.8, 4) is 5.75 Å². The van der Waals surface area contributed by atoms with E-state index in [1.807, 2.05) is 25.2 Å². The van der Waals surface area contributed by atoms with Gasteiger partial charge in [-0.2, -0.15) is 0 Å². The van der Waals surface area contributed by atoms with Crippen molar-refractivity contribution in [1.29, 1.82) is 0 Å². The molecule has 0 saturated heterocycles. The standard InChI is InChI=1S/C9H12N2O/c1-10-7-2-3-8-9(6-7)12-5-4-11-8/h2-3,6,10-11H,4-5H2,1H3. The van der Waals surface area contributed by atoms with Gasteiger partial charge in [0.05, 0.1) is 5.69 Å². The minimum atomic E-state index is 0.750. The van der Waals surface area contributed by atoms with Gasteiger partial charge in [0.2, 0.25) is 0 Å². The Hall–Kier alpha value is -1.38. The maximum Gasteiger partial charge on any atom is 0.144 e. The van der Waals surface area contributed by atoms with Crippen molar-refractivity contribution in [1.82, 2.24) is 0 Å². The highest BCUT2D eigenvalue weighted by Crippen LogP contribution is 2.29. The second kappa shape index (κ2) is 2.93. The number of hydrogen-bond acceptors (Lipinski definition) is 3. The average Bonchev–Trinajstić information content (AvgIpc) is 2.17. The molecule has 0 fully saturated rings. The van der Waals surface area contributed by atoms with Gasteiger partial charge in [-0.25, -0.2) is 0 Å². The van der Waals surface area contributed by atoms with Gasteiger partial charge in [0, 0.05) is 25.3 Å². The fourth-order valence-electron chi connectivity index (χ4n) is 1.29. The van der Waals surface area contributed by atoms with E-state index in [-0.39, 0.29) is 0 Å². The molecule has 0 saturated carbocycles. The Bertz CT molecular complexity index is 286. The van der Waals surface area contributed by atoms with Crippen LogP contribution in [0.2, 0.25) is 0 Å². The van der Waals surface area contributed by atoms with E-state index >= 15 is 0 Å². The van der Waals surface area contributed by atoms with E-state index in [0.717, 1.165) is 30.3 Å². The van der Waals surface area contributed by atoms with Gasteiger partial charge in [0.1, 0.15) is 12.4 Å². The van der Waals surface area contributed by atoms with Crippen LogP contribution in [0.25, 0.3) is 0 Å². The minimum absolute atomic E-state index is 0.750. The fourth-order valence-corrected chi connectivity index (χ4v) is 1.29.